The van der Waals surface area contributed by atoms with Gasteiger partial charge in [0.05, 0.1) is 6.61 Å². The van der Waals surface area contributed by atoms with Gasteiger partial charge in [-0.2, -0.15) is 0 Å². The third kappa shape index (κ3) is 8.07. The maximum atomic E-state index is 10.4. The Labute approximate surface area is 223 Å². The predicted octanol–water partition coefficient (Wildman–Crippen LogP) is 6.29. The normalized spacial score (nSPS) is 20.6. The van der Waals surface area contributed by atoms with E-state index in [1.54, 1.807) is 18.9 Å². The number of ether oxygens (including phenoxy) is 2. The molecule has 2 fully saturated rings. The summed E-state index contributed by atoms with van der Waals surface area (Å²) in [5.74, 6) is 0.991. The number of benzene rings is 2. The summed E-state index contributed by atoms with van der Waals surface area (Å²) in [5.41, 5.74) is 4.86. The summed E-state index contributed by atoms with van der Waals surface area (Å²) in [6.45, 7) is 10.7. The fourth-order valence-electron chi connectivity index (χ4n) is 5.14. The van der Waals surface area contributed by atoms with Crippen LogP contribution in [0.3, 0.4) is 0 Å². The molecule has 2 aliphatic heterocycles. The number of thioether (sulfide) groups is 1. The Morgan fingerprint density at radius 3 is 2.25 bits per heavy atom. The Morgan fingerprint density at radius 1 is 1.03 bits per heavy atom. The molecule has 0 amide bonds. The summed E-state index contributed by atoms with van der Waals surface area (Å²) in [7, 11) is 3.81. The Kier molecular flexibility index (Phi) is 13.6. The number of aldehydes is 1. The Balaban J connectivity index is 0.000000318. The van der Waals surface area contributed by atoms with Crippen LogP contribution in [0.15, 0.2) is 41.3 Å². The first-order chi connectivity index (χ1) is 17.5. The number of carbonyl (C=O) groups excluding carboxylic acids is 1. The lowest BCUT2D eigenvalue weighted by Gasteiger charge is -2.39. The topological polar surface area (TPSA) is 50.8 Å². The first kappa shape index (κ1) is 30.4. The van der Waals surface area contributed by atoms with Crippen LogP contribution in [0.4, 0.5) is 0 Å². The summed E-state index contributed by atoms with van der Waals surface area (Å²) in [5, 5.41) is 3.49. The van der Waals surface area contributed by atoms with Crippen LogP contribution in [-0.2, 0) is 11.3 Å². The van der Waals surface area contributed by atoms with Crippen LogP contribution in [0.1, 0.15) is 66.6 Å². The molecular formula is C30H46N2O3S. The molecule has 2 heterocycles. The van der Waals surface area contributed by atoms with Gasteiger partial charge < -0.3 is 14.8 Å². The number of hydrogen-bond acceptors (Lipinski definition) is 6. The van der Waals surface area contributed by atoms with Crippen LogP contribution in [0.2, 0.25) is 0 Å². The molecule has 5 nitrogen and oxygen atoms in total. The highest BCUT2D eigenvalue weighted by Crippen LogP contribution is 2.37. The van der Waals surface area contributed by atoms with Crippen LogP contribution in [0.5, 0.6) is 5.75 Å². The van der Waals surface area contributed by atoms with Crippen LogP contribution >= 0.6 is 11.8 Å². The van der Waals surface area contributed by atoms with Crippen molar-refractivity contribution in [2.24, 2.45) is 0 Å². The molecule has 0 saturated carbocycles. The van der Waals surface area contributed by atoms with Crippen molar-refractivity contribution in [3.63, 3.8) is 0 Å². The fraction of sp³-hybridized carbons (Fsp3) is 0.567. The molecule has 2 aliphatic rings. The molecule has 2 unspecified atom stereocenters. The molecule has 1 N–H and O–H groups in total. The van der Waals surface area contributed by atoms with Gasteiger partial charge in [-0.1, -0.05) is 38.1 Å². The van der Waals surface area contributed by atoms with Crippen LogP contribution < -0.4 is 10.1 Å². The number of nitrogens with zero attached hydrogens (tertiary/aromatic N) is 1. The van der Waals surface area contributed by atoms with Crippen molar-refractivity contribution in [3.05, 3.63) is 58.7 Å². The predicted molar refractivity (Wildman–Crippen MR) is 153 cm³/mol. The molecule has 0 radical (unpaired) electrons. The van der Waals surface area contributed by atoms with Gasteiger partial charge in [0, 0.05) is 42.2 Å². The SMILES string of the molecule is CC.CNC1CC2CCC(C1)N2Cc1ccc(OCCOC)c(C)c1C.CSc1ccccc1C=O. The monoisotopic (exact) mass is 514 g/mol. The van der Waals surface area contributed by atoms with Crippen molar-refractivity contribution in [1.82, 2.24) is 10.2 Å². The third-order valence-corrected chi connectivity index (χ3v) is 8.12. The number of fused-ring (bicyclic) bond motifs is 2. The van der Waals surface area contributed by atoms with Crippen molar-refractivity contribution in [2.75, 3.05) is 33.6 Å². The summed E-state index contributed by atoms with van der Waals surface area (Å²) in [6, 6.07) is 14.1. The van der Waals surface area contributed by atoms with E-state index in [2.05, 4.69) is 43.2 Å². The minimum atomic E-state index is 0.609. The standard InChI is InChI=1S/C20H32N2O2.C8H8OS.C2H6/c1-14-15(2)20(24-10-9-23-4)8-5-16(14)13-22-18-6-7-19(22)12-17(11-18)21-3;1-10-8-5-3-2-4-7(8)6-9;1-2/h5,8,17-19,21H,6-7,9-13H2,1-4H3;2-6H,1H3;1-2H3. The van der Waals surface area contributed by atoms with Gasteiger partial charge in [0.15, 0.2) is 6.29 Å². The number of carbonyl (C=O) groups is 1. The van der Waals surface area contributed by atoms with E-state index in [1.807, 2.05) is 44.4 Å². The molecule has 0 aromatic heterocycles. The first-order valence-electron chi connectivity index (χ1n) is 13.2. The maximum Gasteiger partial charge on any atom is 0.151 e. The smallest absolute Gasteiger partial charge is 0.151 e. The number of methoxy groups -OCH3 is 1. The lowest BCUT2D eigenvalue weighted by atomic mass is 9.95. The van der Waals surface area contributed by atoms with E-state index in [0.717, 1.165) is 41.1 Å². The molecule has 2 saturated heterocycles. The molecule has 0 spiro atoms. The molecular weight excluding hydrogens is 468 g/mol. The molecule has 2 atom stereocenters. The Hall–Kier alpha value is -1.86. The van der Waals surface area contributed by atoms with Gasteiger partial charge in [-0.05, 0) is 81.7 Å². The van der Waals surface area contributed by atoms with E-state index < -0.39 is 0 Å². The van der Waals surface area contributed by atoms with Gasteiger partial charge in [0.1, 0.15) is 12.4 Å². The van der Waals surface area contributed by atoms with E-state index in [4.69, 9.17) is 9.47 Å². The van der Waals surface area contributed by atoms with Crippen molar-refractivity contribution in [2.45, 2.75) is 82.9 Å². The molecule has 6 heteroatoms. The third-order valence-electron chi connectivity index (χ3n) is 7.31. The van der Waals surface area contributed by atoms with Gasteiger partial charge >= 0.3 is 0 Å². The summed E-state index contributed by atoms with van der Waals surface area (Å²) in [4.78, 5) is 14.2. The number of hydrogen-bond donors (Lipinski definition) is 1. The highest BCUT2D eigenvalue weighted by Gasteiger charge is 2.40. The van der Waals surface area contributed by atoms with Crippen molar-refractivity contribution in [3.8, 4) is 5.75 Å². The van der Waals surface area contributed by atoms with E-state index >= 15 is 0 Å². The number of rotatable bonds is 9. The second-order valence-corrected chi connectivity index (χ2v) is 10.0. The quantitative estimate of drug-likeness (QED) is 0.241. The Bertz CT molecular complexity index is 922. The van der Waals surface area contributed by atoms with Gasteiger partial charge in [0.2, 0.25) is 0 Å². The summed E-state index contributed by atoms with van der Waals surface area (Å²) >= 11 is 1.59. The average Bonchev–Trinajstić information content (AvgIpc) is 3.15. The number of piperidine rings is 1. The molecule has 36 heavy (non-hydrogen) atoms. The molecule has 4 rings (SSSR count). The number of nitrogens with one attached hydrogen (secondary N) is 1. The highest BCUT2D eigenvalue weighted by atomic mass is 32.2. The molecule has 2 aromatic rings. The van der Waals surface area contributed by atoms with Crippen LogP contribution in [0, 0.1) is 13.8 Å². The van der Waals surface area contributed by atoms with E-state index in [1.165, 1.54) is 42.4 Å². The second-order valence-electron chi connectivity index (χ2n) is 9.19. The van der Waals surface area contributed by atoms with E-state index in [0.29, 0.717) is 19.3 Å². The van der Waals surface area contributed by atoms with Crippen molar-refractivity contribution in [1.29, 1.82) is 0 Å². The molecule has 2 aromatic carbocycles. The lowest BCUT2D eigenvalue weighted by Crippen LogP contribution is -2.47. The van der Waals surface area contributed by atoms with Crippen LogP contribution in [0.25, 0.3) is 0 Å². The zero-order chi connectivity index (χ0) is 26.5. The lowest BCUT2D eigenvalue weighted by molar-refractivity contribution is 0.111. The van der Waals surface area contributed by atoms with Crippen LogP contribution in [-0.4, -0.2) is 62.9 Å². The first-order valence-corrected chi connectivity index (χ1v) is 14.5. The zero-order valence-electron chi connectivity index (χ0n) is 23.3. The average molecular weight is 515 g/mol. The summed E-state index contributed by atoms with van der Waals surface area (Å²) < 4.78 is 10.9. The zero-order valence-corrected chi connectivity index (χ0v) is 24.1. The Morgan fingerprint density at radius 2 is 1.69 bits per heavy atom. The van der Waals surface area contributed by atoms with Gasteiger partial charge in [-0.25, -0.2) is 0 Å². The minimum absolute atomic E-state index is 0.609. The van der Waals surface area contributed by atoms with Crippen molar-refractivity contribution >= 4 is 18.0 Å². The fourth-order valence-corrected chi connectivity index (χ4v) is 5.71. The van der Waals surface area contributed by atoms with E-state index in [9.17, 15) is 4.79 Å². The van der Waals surface area contributed by atoms with Gasteiger partial charge in [0.25, 0.3) is 0 Å². The van der Waals surface area contributed by atoms with Gasteiger partial charge in [-0.3, -0.25) is 9.69 Å². The highest BCUT2D eigenvalue weighted by molar-refractivity contribution is 7.98. The molecule has 0 aliphatic carbocycles. The summed E-state index contributed by atoms with van der Waals surface area (Å²) in [6.07, 6.45) is 8.15. The largest absolute Gasteiger partial charge is 0.491 e. The molecule has 200 valence electrons. The van der Waals surface area contributed by atoms with Crippen molar-refractivity contribution < 1.29 is 14.3 Å². The molecule has 2 bridgehead atoms. The van der Waals surface area contributed by atoms with E-state index in [-0.39, 0.29) is 0 Å². The van der Waals surface area contributed by atoms with Gasteiger partial charge in [-0.15, -0.1) is 11.8 Å². The minimum Gasteiger partial charge on any atom is -0.491 e. The second kappa shape index (κ2) is 16.1. The maximum absolute atomic E-state index is 10.4.